The molecule has 2 amide bonds. The molecule has 1 aliphatic heterocycles. The van der Waals surface area contributed by atoms with Gasteiger partial charge in [-0.25, -0.2) is 0 Å². The second-order valence-corrected chi connectivity index (χ2v) is 7.76. The molecule has 2 aromatic carbocycles. The number of hydrogen-bond acceptors (Lipinski definition) is 2. The highest BCUT2D eigenvalue weighted by molar-refractivity contribution is 6.30. The zero-order chi connectivity index (χ0) is 19.4. The highest BCUT2D eigenvalue weighted by Crippen LogP contribution is 2.27. The van der Waals surface area contributed by atoms with Crippen LogP contribution in [0.15, 0.2) is 48.5 Å². The van der Waals surface area contributed by atoms with Crippen molar-refractivity contribution in [2.75, 3.05) is 18.0 Å². The van der Waals surface area contributed by atoms with E-state index in [1.54, 1.807) is 4.90 Å². The molecule has 142 valence electrons. The van der Waals surface area contributed by atoms with E-state index >= 15 is 0 Å². The molecule has 5 heteroatoms. The van der Waals surface area contributed by atoms with Gasteiger partial charge in [0.1, 0.15) is 0 Å². The Hall–Kier alpha value is -2.33. The zero-order valence-electron chi connectivity index (χ0n) is 15.7. The van der Waals surface area contributed by atoms with E-state index in [2.05, 4.69) is 19.2 Å². The third kappa shape index (κ3) is 4.89. The number of nitrogens with one attached hydrogen (secondary N) is 1. The number of hydrogen-bond donors (Lipinski definition) is 1. The summed E-state index contributed by atoms with van der Waals surface area (Å²) in [5.74, 6) is 0.101. The molecule has 1 atom stereocenters. The van der Waals surface area contributed by atoms with E-state index < -0.39 is 0 Å². The molecule has 0 aliphatic carbocycles. The first-order valence-corrected chi connectivity index (χ1v) is 9.74. The van der Waals surface area contributed by atoms with Gasteiger partial charge in [-0.15, -0.1) is 0 Å². The second kappa shape index (κ2) is 8.57. The van der Waals surface area contributed by atoms with E-state index in [-0.39, 0.29) is 24.2 Å². The predicted molar refractivity (Wildman–Crippen MR) is 109 cm³/mol. The van der Waals surface area contributed by atoms with E-state index in [4.69, 9.17) is 11.6 Å². The van der Waals surface area contributed by atoms with E-state index in [1.807, 2.05) is 48.5 Å². The van der Waals surface area contributed by atoms with Gasteiger partial charge in [0, 0.05) is 30.2 Å². The van der Waals surface area contributed by atoms with Crippen molar-refractivity contribution in [2.24, 2.45) is 5.92 Å². The largest absolute Gasteiger partial charge is 0.355 e. The summed E-state index contributed by atoms with van der Waals surface area (Å²) in [6.45, 7) is 5.27. The number of carbonyl (C=O) groups is 2. The quantitative estimate of drug-likeness (QED) is 0.812. The topological polar surface area (TPSA) is 49.4 Å². The summed E-state index contributed by atoms with van der Waals surface area (Å²) < 4.78 is 0. The fraction of sp³-hybridized carbons (Fsp3) is 0.364. The lowest BCUT2D eigenvalue weighted by Crippen LogP contribution is -2.34. The van der Waals surface area contributed by atoms with Crippen LogP contribution >= 0.6 is 11.6 Å². The van der Waals surface area contributed by atoms with Gasteiger partial charge in [0.25, 0.3) is 0 Å². The van der Waals surface area contributed by atoms with Crippen molar-refractivity contribution in [1.82, 2.24) is 5.32 Å². The first kappa shape index (κ1) is 19.4. The van der Waals surface area contributed by atoms with Crippen LogP contribution in [0, 0.1) is 5.92 Å². The minimum absolute atomic E-state index is 0.00477. The molecule has 1 fully saturated rings. The summed E-state index contributed by atoms with van der Waals surface area (Å²) >= 11 is 5.88. The SMILES string of the molecule is CC(C)c1ccc(N2CC(C(=O)NCCc3ccc(Cl)cc3)CC2=O)cc1. The van der Waals surface area contributed by atoms with Gasteiger partial charge in [-0.1, -0.05) is 49.7 Å². The molecule has 0 aromatic heterocycles. The Morgan fingerprint density at radius 2 is 1.81 bits per heavy atom. The Kier molecular flexibility index (Phi) is 6.17. The molecule has 1 N–H and O–H groups in total. The number of carbonyl (C=O) groups excluding carboxylic acids is 2. The fourth-order valence-electron chi connectivity index (χ4n) is 3.30. The monoisotopic (exact) mass is 384 g/mol. The van der Waals surface area contributed by atoms with Gasteiger partial charge in [0.05, 0.1) is 5.92 Å². The third-order valence-electron chi connectivity index (χ3n) is 4.99. The van der Waals surface area contributed by atoms with Crippen LogP contribution in [0.5, 0.6) is 0 Å². The minimum atomic E-state index is -0.299. The molecule has 0 bridgehead atoms. The van der Waals surface area contributed by atoms with E-state index in [1.165, 1.54) is 5.56 Å². The van der Waals surface area contributed by atoms with Crippen molar-refractivity contribution >= 4 is 29.1 Å². The van der Waals surface area contributed by atoms with Crippen molar-refractivity contribution in [3.63, 3.8) is 0 Å². The molecule has 0 spiro atoms. The van der Waals surface area contributed by atoms with Gasteiger partial charge in [-0.3, -0.25) is 9.59 Å². The number of amides is 2. The summed E-state index contributed by atoms with van der Waals surface area (Å²) in [7, 11) is 0. The third-order valence-corrected chi connectivity index (χ3v) is 5.25. The summed E-state index contributed by atoms with van der Waals surface area (Å²) in [6.07, 6.45) is 1.00. The molecule has 1 heterocycles. The van der Waals surface area contributed by atoms with Crippen LogP contribution < -0.4 is 10.2 Å². The van der Waals surface area contributed by atoms with E-state index in [0.717, 1.165) is 17.7 Å². The second-order valence-electron chi connectivity index (χ2n) is 7.32. The molecule has 3 rings (SSSR count). The number of halogens is 1. The smallest absolute Gasteiger partial charge is 0.227 e. The molecular formula is C22H25ClN2O2. The van der Waals surface area contributed by atoms with Crippen molar-refractivity contribution < 1.29 is 9.59 Å². The maximum Gasteiger partial charge on any atom is 0.227 e. The number of nitrogens with zero attached hydrogens (tertiary/aromatic N) is 1. The van der Waals surface area contributed by atoms with Crippen LogP contribution in [0.4, 0.5) is 5.69 Å². The van der Waals surface area contributed by atoms with Gasteiger partial charge in [-0.2, -0.15) is 0 Å². The molecule has 1 aliphatic rings. The first-order valence-electron chi connectivity index (χ1n) is 9.36. The van der Waals surface area contributed by atoms with Crippen LogP contribution in [-0.2, 0) is 16.0 Å². The van der Waals surface area contributed by atoms with Crippen molar-refractivity contribution in [2.45, 2.75) is 32.6 Å². The average Bonchev–Trinajstić information content (AvgIpc) is 3.05. The highest BCUT2D eigenvalue weighted by atomic mass is 35.5. The van der Waals surface area contributed by atoms with Gasteiger partial charge in [0.2, 0.25) is 11.8 Å². The Labute approximate surface area is 165 Å². The number of benzene rings is 2. The first-order chi connectivity index (χ1) is 12.9. The lowest BCUT2D eigenvalue weighted by Gasteiger charge is -2.17. The van der Waals surface area contributed by atoms with E-state index in [0.29, 0.717) is 24.0 Å². The van der Waals surface area contributed by atoms with Gasteiger partial charge < -0.3 is 10.2 Å². The Balaban J connectivity index is 1.53. The molecule has 2 aromatic rings. The molecular weight excluding hydrogens is 360 g/mol. The normalized spacial score (nSPS) is 16.8. The zero-order valence-corrected chi connectivity index (χ0v) is 16.5. The Bertz CT molecular complexity index is 800. The number of anilines is 1. The summed E-state index contributed by atoms with van der Waals surface area (Å²) in [4.78, 5) is 26.5. The van der Waals surface area contributed by atoms with E-state index in [9.17, 15) is 9.59 Å². The number of rotatable bonds is 6. The van der Waals surface area contributed by atoms with Crippen molar-refractivity contribution in [3.8, 4) is 0 Å². The highest BCUT2D eigenvalue weighted by Gasteiger charge is 2.34. The summed E-state index contributed by atoms with van der Waals surface area (Å²) in [6, 6.07) is 15.6. The summed E-state index contributed by atoms with van der Waals surface area (Å²) in [5.41, 5.74) is 3.22. The molecule has 0 radical (unpaired) electrons. The van der Waals surface area contributed by atoms with Gasteiger partial charge in [-0.05, 0) is 47.7 Å². The fourth-order valence-corrected chi connectivity index (χ4v) is 3.42. The van der Waals surface area contributed by atoms with Gasteiger partial charge in [0.15, 0.2) is 0 Å². The van der Waals surface area contributed by atoms with Crippen molar-refractivity contribution in [3.05, 3.63) is 64.7 Å². The lowest BCUT2D eigenvalue weighted by atomic mass is 10.0. The van der Waals surface area contributed by atoms with Crippen LogP contribution in [-0.4, -0.2) is 24.9 Å². The van der Waals surface area contributed by atoms with Crippen LogP contribution in [0.2, 0.25) is 5.02 Å². The van der Waals surface area contributed by atoms with Crippen LogP contribution in [0.25, 0.3) is 0 Å². The molecule has 1 unspecified atom stereocenters. The molecule has 4 nitrogen and oxygen atoms in total. The minimum Gasteiger partial charge on any atom is -0.355 e. The van der Waals surface area contributed by atoms with Crippen LogP contribution in [0.1, 0.15) is 37.3 Å². The standard InChI is InChI=1S/C22H25ClN2O2/c1-15(2)17-5-9-20(10-6-17)25-14-18(13-21(25)26)22(27)24-12-11-16-3-7-19(23)8-4-16/h3-10,15,18H,11-14H2,1-2H3,(H,24,27). The Morgan fingerprint density at radius 3 is 2.44 bits per heavy atom. The Morgan fingerprint density at radius 1 is 1.15 bits per heavy atom. The molecule has 1 saturated heterocycles. The maximum absolute atomic E-state index is 12.4. The average molecular weight is 385 g/mol. The maximum atomic E-state index is 12.4. The summed E-state index contributed by atoms with van der Waals surface area (Å²) in [5, 5.41) is 3.66. The van der Waals surface area contributed by atoms with Crippen LogP contribution in [0.3, 0.4) is 0 Å². The molecule has 0 saturated carbocycles. The predicted octanol–water partition coefficient (Wildman–Crippen LogP) is 4.18. The lowest BCUT2D eigenvalue weighted by molar-refractivity contribution is -0.126. The van der Waals surface area contributed by atoms with Gasteiger partial charge >= 0.3 is 0 Å². The molecule has 27 heavy (non-hydrogen) atoms. The van der Waals surface area contributed by atoms with Crippen molar-refractivity contribution in [1.29, 1.82) is 0 Å².